The molecule has 0 atom stereocenters. The van der Waals surface area contributed by atoms with Crippen LogP contribution in [0.3, 0.4) is 0 Å². The van der Waals surface area contributed by atoms with E-state index in [1.54, 1.807) is 12.1 Å². The second kappa shape index (κ2) is 9.85. The van der Waals surface area contributed by atoms with Gasteiger partial charge in [0, 0.05) is 12.1 Å². The van der Waals surface area contributed by atoms with Gasteiger partial charge in [-0.3, -0.25) is 9.52 Å². The summed E-state index contributed by atoms with van der Waals surface area (Å²) in [4.78, 5) is 12.7. The summed E-state index contributed by atoms with van der Waals surface area (Å²) in [6.07, 6.45) is 0. The Hall–Kier alpha value is -3.03. The molecule has 0 radical (unpaired) electrons. The summed E-state index contributed by atoms with van der Waals surface area (Å²) in [6, 6.07) is 18.3. The third kappa shape index (κ3) is 5.77. The Morgan fingerprint density at radius 3 is 2.42 bits per heavy atom. The maximum absolute atomic E-state index is 12.6. The minimum absolute atomic E-state index is 0.139. The lowest BCUT2D eigenvalue weighted by Crippen LogP contribution is -2.23. The molecule has 0 aliphatic carbocycles. The Labute approximate surface area is 187 Å². The fraction of sp³-hybridized carbons (Fsp3) is 0.174. The molecule has 0 aliphatic rings. The number of hydrogen-bond acceptors (Lipinski definition) is 4. The number of ether oxygens (including phenoxy) is 1. The Kier molecular flexibility index (Phi) is 7.20. The number of carbonyl (C=O) groups is 1. The predicted octanol–water partition coefficient (Wildman–Crippen LogP) is 4.78. The molecule has 0 spiro atoms. The van der Waals surface area contributed by atoms with Crippen molar-refractivity contribution < 1.29 is 17.9 Å². The molecular formula is C23H23ClN2O4S. The minimum Gasteiger partial charge on any atom is -0.494 e. The molecule has 0 aliphatic heterocycles. The second-order valence-electron chi connectivity index (χ2n) is 6.84. The van der Waals surface area contributed by atoms with Crippen molar-refractivity contribution in [1.82, 2.24) is 5.32 Å². The van der Waals surface area contributed by atoms with Gasteiger partial charge in [-0.15, -0.1) is 0 Å². The van der Waals surface area contributed by atoms with Gasteiger partial charge >= 0.3 is 0 Å². The number of sulfonamides is 1. The summed E-state index contributed by atoms with van der Waals surface area (Å²) in [5.74, 6) is 0.335. The molecule has 3 aromatic rings. The summed E-state index contributed by atoms with van der Waals surface area (Å²) in [7, 11) is -3.76. The van der Waals surface area contributed by atoms with Crippen LogP contribution < -0.4 is 14.8 Å². The van der Waals surface area contributed by atoms with Gasteiger partial charge in [0.05, 0.1) is 27.8 Å². The molecule has 3 aromatic carbocycles. The highest BCUT2D eigenvalue weighted by molar-refractivity contribution is 7.92. The van der Waals surface area contributed by atoms with Crippen molar-refractivity contribution in [2.45, 2.75) is 25.3 Å². The SMILES string of the molecule is CCOc1ccccc1CNC(=O)c1ccc(NS(=O)(=O)c2ccc(C)cc2)cc1Cl. The highest BCUT2D eigenvalue weighted by Crippen LogP contribution is 2.24. The predicted molar refractivity (Wildman–Crippen MR) is 122 cm³/mol. The lowest BCUT2D eigenvalue weighted by Gasteiger charge is -2.13. The van der Waals surface area contributed by atoms with Crippen molar-refractivity contribution in [2.24, 2.45) is 0 Å². The van der Waals surface area contributed by atoms with Crippen molar-refractivity contribution in [3.05, 3.63) is 88.4 Å². The van der Waals surface area contributed by atoms with Gasteiger partial charge in [-0.2, -0.15) is 0 Å². The van der Waals surface area contributed by atoms with Crippen molar-refractivity contribution in [1.29, 1.82) is 0 Å². The zero-order valence-electron chi connectivity index (χ0n) is 17.2. The lowest BCUT2D eigenvalue weighted by molar-refractivity contribution is 0.0951. The van der Waals surface area contributed by atoms with Gasteiger partial charge in [-0.25, -0.2) is 8.42 Å². The zero-order valence-corrected chi connectivity index (χ0v) is 18.8. The number of para-hydroxylation sites is 1. The molecule has 8 heteroatoms. The molecule has 0 saturated heterocycles. The Bertz CT molecular complexity index is 1180. The Morgan fingerprint density at radius 1 is 1.03 bits per heavy atom. The van der Waals surface area contributed by atoms with E-state index < -0.39 is 10.0 Å². The van der Waals surface area contributed by atoms with E-state index in [1.165, 1.54) is 30.3 Å². The van der Waals surface area contributed by atoms with Gasteiger partial charge in [0.1, 0.15) is 5.75 Å². The van der Waals surface area contributed by atoms with Crippen molar-refractivity contribution in [3.8, 4) is 5.75 Å². The van der Waals surface area contributed by atoms with Gasteiger partial charge in [0.25, 0.3) is 15.9 Å². The Balaban J connectivity index is 1.70. The van der Waals surface area contributed by atoms with Crippen molar-refractivity contribution in [2.75, 3.05) is 11.3 Å². The van der Waals surface area contributed by atoms with E-state index in [9.17, 15) is 13.2 Å². The first kappa shape index (κ1) is 22.7. The monoisotopic (exact) mass is 458 g/mol. The first-order valence-corrected chi connectivity index (χ1v) is 11.5. The normalized spacial score (nSPS) is 11.1. The van der Waals surface area contributed by atoms with Crippen LogP contribution in [0, 0.1) is 6.92 Å². The summed E-state index contributed by atoms with van der Waals surface area (Å²) >= 11 is 6.26. The molecular weight excluding hydrogens is 436 g/mol. The number of benzene rings is 3. The van der Waals surface area contributed by atoms with Gasteiger partial charge in [0.2, 0.25) is 0 Å². The van der Waals surface area contributed by atoms with Crippen LogP contribution in [0.1, 0.15) is 28.4 Å². The van der Waals surface area contributed by atoms with Crippen molar-refractivity contribution >= 4 is 33.2 Å². The van der Waals surface area contributed by atoms with Gasteiger partial charge < -0.3 is 10.1 Å². The zero-order chi connectivity index (χ0) is 22.4. The van der Waals surface area contributed by atoms with Crippen LogP contribution >= 0.6 is 11.6 Å². The summed E-state index contributed by atoms with van der Waals surface area (Å²) in [5, 5.41) is 2.95. The second-order valence-corrected chi connectivity index (χ2v) is 8.93. The number of aryl methyl sites for hydroxylation is 1. The maximum Gasteiger partial charge on any atom is 0.261 e. The molecule has 0 bridgehead atoms. The molecule has 0 unspecified atom stereocenters. The third-order valence-electron chi connectivity index (χ3n) is 4.51. The fourth-order valence-electron chi connectivity index (χ4n) is 2.91. The summed E-state index contributed by atoms with van der Waals surface area (Å²) < 4.78 is 33.1. The van der Waals surface area contributed by atoms with Crippen LogP contribution in [0.15, 0.2) is 71.6 Å². The van der Waals surface area contributed by atoms with Crippen LogP contribution in [-0.2, 0) is 16.6 Å². The molecule has 0 fully saturated rings. The number of amides is 1. The lowest BCUT2D eigenvalue weighted by atomic mass is 10.1. The standard InChI is InChI=1S/C23H23ClN2O4S/c1-3-30-22-7-5-4-6-17(22)15-25-23(27)20-13-10-18(14-21(20)24)26-31(28,29)19-11-8-16(2)9-12-19/h4-14,26H,3,15H2,1-2H3,(H,25,27). The average Bonchev–Trinajstić information content (AvgIpc) is 2.73. The van der Waals surface area contributed by atoms with E-state index in [0.29, 0.717) is 12.4 Å². The first-order valence-electron chi connectivity index (χ1n) is 9.68. The molecule has 0 heterocycles. The number of rotatable bonds is 8. The summed E-state index contributed by atoms with van der Waals surface area (Å²) in [5.41, 5.74) is 2.31. The fourth-order valence-corrected chi connectivity index (χ4v) is 4.23. The van der Waals surface area contributed by atoms with Crippen LogP contribution in [0.25, 0.3) is 0 Å². The Morgan fingerprint density at radius 2 is 1.74 bits per heavy atom. The number of carbonyl (C=O) groups excluding carboxylic acids is 1. The van der Waals surface area contributed by atoms with E-state index in [0.717, 1.165) is 11.1 Å². The van der Waals surface area contributed by atoms with Gasteiger partial charge in [0.15, 0.2) is 0 Å². The van der Waals surface area contributed by atoms with E-state index >= 15 is 0 Å². The molecule has 6 nitrogen and oxygen atoms in total. The van der Waals surface area contributed by atoms with Crippen LogP contribution in [0.4, 0.5) is 5.69 Å². The number of hydrogen-bond donors (Lipinski definition) is 2. The quantitative estimate of drug-likeness (QED) is 0.508. The molecule has 3 rings (SSSR count). The number of anilines is 1. The number of halogens is 1. The molecule has 0 saturated carbocycles. The summed E-state index contributed by atoms with van der Waals surface area (Å²) in [6.45, 7) is 4.57. The first-order chi connectivity index (χ1) is 14.8. The highest BCUT2D eigenvalue weighted by Gasteiger charge is 2.16. The molecule has 2 N–H and O–H groups in total. The molecule has 162 valence electrons. The van der Waals surface area contributed by atoms with Crippen LogP contribution in [-0.4, -0.2) is 20.9 Å². The van der Waals surface area contributed by atoms with E-state index in [-0.39, 0.29) is 33.6 Å². The molecule has 31 heavy (non-hydrogen) atoms. The van der Waals surface area contributed by atoms with Crippen LogP contribution in [0.5, 0.6) is 5.75 Å². The van der Waals surface area contributed by atoms with Crippen molar-refractivity contribution in [3.63, 3.8) is 0 Å². The minimum atomic E-state index is -3.76. The average molecular weight is 459 g/mol. The van der Waals surface area contributed by atoms with Gasteiger partial charge in [-0.1, -0.05) is 47.5 Å². The highest BCUT2D eigenvalue weighted by atomic mass is 35.5. The third-order valence-corrected chi connectivity index (χ3v) is 6.22. The largest absolute Gasteiger partial charge is 0.494 e. The molecule has 0 aromatic heterocycles. The van der Waals surface area contributed by atoms with Crippen LogP contribution in [0.2, 0.25) is 5.02 Å². The van der Waals surface area contributed by atoms with E-state index in [4.69, 9.17) is 16.3 Å². The smallest absolute Gasteiger partial charge is 0.261 e. The number of nitrogens with one attached hydrogen (secondary N) is 2. The maximum atomic E-state index is 12.6. The molecule has 1 amide bonds. The van der Waals surface area contributed by atoms with Gasteiger partial charge in [-0.05, 0) is 50.2 Å². The van der Waals surface area contributed by atoms with E-state index in [1.807, 2.05) is 38.1 Å². The van der Waals surface area contributed by atoms with E-state index in [2.05, 4.69) is 10.0 Å². The topological polar surface area (TPSA) is 84.5 Å².